The van der Waals surface area contributed by atoms with E-state index in [1.807, 2.05) is 6.07 Å². The summed E-state index contributed by atoms with van der Waals surface area (Å²) >= 11 is 3.57. The van der Waals surface area contributed by atoms with Crippen molar-refractivity contribution in [3.05, 3.63) is 52.0 Å². The van der Waals surface area contributed by atoms with Gasteiger partial charge < -0.3 is 14.8 Å². The van der Waals surface area contributed by atoms with Gasteiger partial charge in [-0.25, -0.2) is 0 Å². The molecule has 0 aliphatic carbocycles. The number of rotatable bonds is 3. The van der Waals surface area contributed by atoms with Crippen LogP contribution in [-0.4, -0.2) is 13.2 Å². The molecule has 0 amide bonds. The van der Waals surface area contributed by atoms with Crippen molar-refractivity contribution in [1.82, 2.24) is 0 Å². The van der Waals surface area contributed by atoms with Gasteiger partial charge in [-0.3, -0.25) is 0 Å². The van der Waals surface area contributed by atoms with Crippen LogP contribution < -0.4 is 14.8 Å². The van der Waals surface area contributed by atoms with Crippen LogP contribution in [0.5, 0.6) is 11.5 Å². The first-order valence-corrected chi connectivity index (χ1v) is 7.90. The van der Waals surface area contributed by atoms with Crippen LogP contribution in [0.4, 0.5) is 5.69 Å². The first-order chi connectivity index (χ1) is 10.2. The van der Waals surface area contributed by atoms with Gasteiger partial charge in [0.05, 0.1) is 17.7 Å². The van der Waals surface area contributed by atoms with Crippen LogP contribution in [0.25, 0.3) is 0 Å². The van der Waals surface area contributed by atoms with Crippen LogP contribution in [0.15, 0.2) is 40.9 Å². The Labute approximate surface area is 133 Å². The fourth-order valence-electron chi connectivity index (χ4n) is 2.26. The average Bonchev–Trinajstić information content (AvgIpc) is 2.72. The lowest BCUT2D eigenvalue weighted by Gasteiger charge is -2.13. The molecule has 0 aromatic heterocycles. The summed E-state index contributed by atoms with van der Waals surface area (Å²) in [5.41, 5.74) is 3.54. The van der Waals surface area contributed by atoms with E-state index < -0.39 is 0 Å². The molecule has 0 fully saturated rings. The number of hydrogen-bond donors (Lipinski definition) is 1. The molecule has 21 heavy (non-hydrogen) atoms. The zero-order valence-corrected chi connectivity index (χ0v) is 13.6. The van der Waals surface area contributed by atoms with Gasteiger partial charge in [0.25, 0.3) is 0 Å². The molecule has 0 saturated heterocycles. The van der Waals surface area contributed by atoms with E-state index in [-0.39, 0.29) is 0 Å². The summed E-state index contributed by atoms with van der Waals surface area (Å²) in [4.78, 5) is 0. The fraction of sp³-hybridized carbons (Fsp3) is 0.294. The van der Waals surface area contributed by atoms with Crippen LogP contribution in [0.2, 0.25) is 0 Å². The second kappa shape index (κ2) is 6.39. The molecule has 0 unspecified atom stereocenters. The van der Waals surface area contributed by atoms with Crippen molar-refractivity contribution in [3.8, 4) is 11.5 Å². The average molecular weight is 348 g/mol. The number of aryl methyl sites for hydroxylation is 1. The molecular weight excluding hydrogens is 330 g/mol. The van der Waals surface area contributed by atoms with E-state index in [0.717, 1.165) is 40.2 Å². The minimum atomic E-state index is 0.701. The molecule has 1 aliphatic rings. The van der Waals surface area contributed by atoms with Gasteiger partial charge in [-0.05, 0) is 52.7 Å². The van der Waals surface area contributed by atoms with E-state index in [4.69, 9.17) is 9.47 Å². The summed E-state index contributed by atoms with van der Waals surface area (Å²) in [6, 6.07) is 12.5. The number of anilines is 1. The highest BCUT2D eigenvalue weighted by molar-refractivity contribution is 9.10. The van der Waals surface area contributed by atoms with Gasteiger partial charge in [0, 0.05) is 18.7 Å². The Balaban J connectivity index is 1.75. The monoisotopic (exact) mass is 347 g/mol. The van der Waals surface area contributed by atoms with Crippen LogP contribution in [0.3, 0.4) is 0 Å². The molecule has 2 aromatic rings. The fourth-order valence-corrected chi connectivity index (χ4v) is 2.87. The zero-order valence-electron chi connectivity index (χ0n) is 12.0. The molecule has 1 aliphatic heterocycles. The normalized spacial score (nSPS) is 13.6. The first kappa shape index (κ1) is 14.3. The van der Waals surface area contributed by atoms with Crippen molar-refractivity contribution in [2.75, 3.05) is 18.5 Å². The molecule has 4 heteroatoms. The standard InChI is InChI=1S/C17H18BrNO2/c1-12-3-5-14(6-4-12)19-11-13-9-15(18)17-16(10-13)20-7-2-8-21-17/h3-6,9-10,19H,2,7-8,11H2,1H3. The Bertz CT molecular complexity index is 625. The van der Waals surface area contributed by atoms with E-state index in [1.54, 1.807) is 0 Å². The van der Waals surface area contributed by atoms with Crippen molar-refractivity contribution in [2.24, 2.45) is 0 Å². The van der Waals surface area contributed by atoms with Gasteiger partial charge in [0.1, 0.15) is 0 Å². The molecule has 1 heterocycles. The minimum absolute atomic E-state index is 0.701. The summed E-state index contributed by atoms with van der Waals surface area (Å²) in [6.07, 6.45) is 0.915. The molecule has 3 nitrogen and oxygen atoms in total. The van der Waals surface area contributed by atoms with Gasteiger partial charge in [-0.2, -0.15) is 0 Å². The summed E-state index contributed by atoms with van der Waals surface area (Å²) < 4.78 is 12.4. The molecule has 110 valence electrons. The van der Waals surface area contributed by atoms with Gasteiger partial charge in [-0.15, -0.1) is 0 Å². The maximum absolute atomic E-state index is 5.75. The molecule has 3 rings (SSSR count). The minimum Gasteiger partial charge on any atom is -0.490 e. The van der Waals surface area contributed by atoms with E-state index in [2.05, 4.69) is 58.5 Å². The predicted octanol–water partition coefficient (Wildman–Crippen LogP) is 4.53. The smallest absolute Gasteiger partial charge is 0.175 e. The highest BCUT2D eigenvalue weighted by Crippen LogP contribution is 2.38. The Morgan fingerprint density at radius 3 is 2.67 bits per heavy atom. The van der Waals surface area contributed by atoms with Crippen molar-refractivity contribution in [2.45, 2.75) is 19.9 Å². The quantitative estimate of drug-likeness (QED) is 0.884. The summed E-state index contributed by atoms with van der Waals surface area (Å²) in [5, 5.41) is 3.42. The Morgan fingerprint density at radius 2 is 1.86 bits per heavy atom. The molecular formula is C17H18BrNO2. The van der Waals surface area contributed by atoms with Gasteiger partial charge >= 0.3 is 0 Å². The largest absolute Gasteiger partial charge is 0.490 e. The third kappa shape index (κ3) is 3.50. The lowest BCUT2D eigenvalue weighted by atomic mass is 10.2. The predicted molar refractivity (Wildman–Crippen MR) is 88.3 cm³/mol. The number of halogens is 1. The zero-order chi connectivity index (χ0) is 14.7. The van der Waals surface area contributed by atoms with E-state index >= 15 is 0 Å². The lowest BCUT2D eigenvalue weighted by Crippen LogP contribution is -2.01. The van der Waals surface area contributed by atoms with Crippen molar-refractivity contribution in [1.29, 1.82) is 0 Å². The van der Waals surface area contributed by atoms with E-state index in [0.29, 0.717) is 13.2 Å². The number of ether oxygens (including phenoxy) is 2. The first-order valence-electron chi connectivity index (χ1n) is 7.11. The highest BCUT2D eigenvalue weighted by atomic mass is 79.9. The summed E-state index contributed by atoms with van der Waals surface area (Å²) in [5.74, 6) is 1.63. The van der Waals surface area contributed by atoms with Crippen LogP contribution in [0.1, 0.15) is 17.5 Å². The molecule has 0 bridgehead atoms. The van der Waals surface area contributed by atoms with Gasteiger partial charge in [0.15, 0.2) is 11.5 Å². The van der Waals surface area contributed by atoms with Crippen molar-refractivity contribution < 1.29 is 9.47 Å². The number of fused-ring (bicyclic) bond motifs is 1. The van der Waals surface area contributed by atoms with Gasteiger partial charge in [0.2, 0.25) is 0 Å². The van der Waals surface area contributed by atoms with Crippen LogP contribution >= 0.6 is 15.9 Å². The Morgan fingerprint density at radius 1 is 1.10 bits per heavy atom. The highest BCUT2D eigenvalue weighted by Gasteiger charge is 2.15. The maximum atomic E-state index is 5.75. The molecule has 2 aromatic carbocycles. The van der Waals surface area contributed by atoms with E-state index in [9.17, 15) is 0 Å². The topological polar surface area (TPSA) is 30.5 Å². The Kier molecular flexibility index (Phi) is 4.34. The van der Waals surface area contributed by atoms with Gasteiger partial charge in [-0.1, -0.05) is 17.7 Å². The summed E-state index contributed by atoms with van der Waals surface area (Å²) in [7, 11) is 0. The maximum Gasteiger partial charge on any atom is 0.175 e. The van der Waals surface area contributed by atoms with Crippen LogP contribution in [0, 0.1) is 6.92 Å². The summed E-state index contributed by atoms with van der Waals surface area (Å²) in [6.45, 7) is 4.24. The third-order valence-electron chi connectivity index (χ3n) is 3.41. The SMILES string of the molecule is Cc1ccc(NCc2cc(Br)c3c(c2)OCCCO3)cc1. The molecule has 0 radical (unpaired) electrons. The molecule has 1 N–H and O–H groups in total. The number of nitrogens with one attached hydrogen (secondary N) is 1. The second-order valence-corrected chi connectivity index (χ2v) is 6.03. The number of hydrogen-bond acceptors (Lipinski definition) is 3. The van der Waals surface area contributed by atoms with E-state index in [1.165, 1.54) is 5.56 Å². The lowest BCUT2D eigenvalue weighted by molar-refractivity contribution is 0.296. The molecule has 0 atom stereocenters. The Hall–Kier alpha value is -1.68. The van der Waals surface area contributed by atoms with Crippen molar-refractivity contribution >= 4 is 21.6 Å². The molecule has 0 saturated carbocycles. The van der Waals surface area contributed by atoms with Crippen molar-refractivity contribution in [3.63, 3.8) is 0 Å². The molecule has 0 spiro atoms. The van der Waals surface area contributed by atoms with Crippen LogP contribution in [-0.2, 0) is 6.54 Å². The third-order valence-corrected chi connectivity index (χ3v) is 4.00. The number of benzene rings is 2. The second-order valence-electron chi connectivity index (χ2n) is 5.17.